The predicted octanol–water partition coefficient (Wildman–Crippen LogP) is 2.97. The van der Waals surface area contributed by atoms with E-state index in [1.165, 1.54) is 7.11 Å². The number of carbonyl (C=O) groups excluding carboxylic acids is 1. The Morgan fingerprint density at radius 1 is 1.58 bits per heavy atom. The Hall–Kier alpha value is -1.38. The monoisotopic (exact) mass is 324 g/mol. The van der Waals surface area contributed by atoms with Gasteiger partial charge in [0.2, 0.25) is 0 Å². The van der Waals surface area contributed by atoms with Gasteiger partial charge < -0.3 is 4.74 Å². The van der Waals surface area contributed by atoms with E-state index in [2.05, 4.69) is 22.0 Å². The van der Waals surface area contributed by atoms with Crippen LogP contribution in [0.2, 0.25) is 0 Å². The summed E-state index contributed by atoms with van der Waals surface area (Å²) < 4.78 is 5.69. The lowest BCUT2D eigenvalue weighted by atomic mass is 10.1. The van der Waals surface area contributed by atoms with Gasteiger partial charge in [0.15, 0.2) is 0 Å². The van der Waals surface area contributed by atoms with Gasteiger partial charge in [0, 0.05) is 17.1 Å². The number of hydrogen-bond donors (Lipinski definition) is 0. The fourth-order valence-electron chi connectivity index (χ4n) is 1.71. The van der Waals surface area contributed by atoms with Crippen LogP contribution in [0, 0.1) is 11.3 Å². The van der Waals surface area contributed by atoms with Gasteiger partial charge in [0.1, 0.15) is 0 Å². The van der Waals surface area contributed by atoms with Crippen LogP contribution in [0.1, 0.15) is 29.3 Å². The molecule has 1 unspecified atom stereocenters. The molecule has 4 nitrogen and oxygen atoms in total. The molecule has 1 atom stereocenters. The number of hydrogen-bond acceptors (Lipinski definition) is 4. The molecule has 0 heterocycles. The van der Waals surface area contributed by atoms with Gasteiger partial charge >= 0.3 is 5.97 Å². The minimum absolute atomic E-state index is 0.134. The molecule has 0 radical (unpaired) electrons. The number of nitriles is 1. The number of esters is 1. The lowest BCUT2D eigenvalue weighted by molar-refractivity contribution is 0.0598. The Morgan fingerprint density at radius 3 is 2.84 bits per heavy atom. The summed E-state index contributed by atoms with van der Waals surface area (Å²) in [7, 11) is 3.31. The van der Waals surface area contributed by atoms with Crippen molar-refractivity contribution in [3.8, 4) is 6.07 Å². The molecule has 1 aromatic carbocycles. The zero-order valence-corrected chi connectivity index (χ0v) is 12.9. The second kappa shape index (κ2) is 7.27. The summed E-state index contributed by atoms with van der Waals surface area (Å²) in [6.45, 7) is 2.58. The molecule has 5 heteroatoms. The molecule has 102 valence electrons. The van der Waals surface area contributed by atoms with Crippen molar-refractivity contribution in [2.45, 2.75) is 25.9 Å². The van der Waals surface area contributed by atoms with Gasteiger partial charge in [-0.15, -0.1) is 0 Å². The topological polar surface area (TPSA) is 53.3 Å². The number of ether oxygens (including phenoxy) is 1. The van der Waals surface area contributed by atoms with Crippen molar-refractivity contribution in [3.05, 3.63) is 33.8 Å². The Labute approximate surface area is 122 Å². The molecule has 1 rings (SSSR count). The summed E-state index contributed by atoms with van der Waals surface area (Å²) in [5, 5.41) is 8.72. The van der Waals surface area contributed by atoms with Gasteiger partial charge in [-0.25, -0.2) is 4.79 Å². The fraction of sp³-hybridized carbons (Fsp3) is 0.429. The summed E-state index contributed by atoms with van der Waals surface area (Å²) in [5.74, 6) is -0.344. The summed E-state index contributed by atoms with van der Waals surface area (Å²) in [4.78, 5) is 13.8. The van der Waals surface area contributed by atoms with E-state index >= 15 is 0 Å². The van der Waals surface area contributed by atoms with E-state index in [-0.39, 0.29) is 12.0 Å². The number of halogens is 1. The smallest absolute Gasteiger partial charge is 0.338 e. The van der Waals surface area contributed by atoms with Crippen LogP contribution < -0.4 is 0 Å². The van der Waals surface area contributed by atoms with Crippen LogP contribution in [0.25, 0.3) is 0 Å². The van der Waals surface area contributed by atoms with Crippen molar-refractivity contribution in [2.24, 2.45) is 0 Å². The Balaban J connectivity index is 2.96. The third-order valence-electron chi connectivity index (χ3n) is 3.03. The highest BCUT2D eigenvalue weighted by Gasteiger charge is 2.16. The average Bonchev–Trinajstić information content (AvgIpc) is 2.38. The van der Waals surface area contributed by atoms with E-state index in [1.807, 2.05) is 31.0 Å². The number of benzene rings is 1. The highest BCUT2D eigenvalue weighted by molar-refractivity contribution is 9.10. The summed E-state index contributed by atoms with van der Waals surface area (Å²) in [6.07, 6.45) is 0.456. The van der Waals surface area contributed by atoms with Crippen LogP contribution in [-0.4, -0.2) is 31.1 Å². The minimum atomic E-state index is -0.344. The van der Waals surface area contributed by atoms with Crippen LogP contribution in [0.4, 0.5) is 0 Å². The third kappa shape index (κ3) is 4.34. The number of rotatable bonds is 5. The quantitative estimate of drug-likeness (QED) is 0.781. The largest absolute Gasteiger partial charge is 0.465 e. The Bertz CT molecular complexity index is 497. The highest BCUT2D eigenvalue weighted by Crippen LogP contribution is 2.20. The van der Waals surface area contributed by atoms with Crippen molar-refractivity contribution in [2.75, 3.05) is 14.2 Å². The van der Waals surface area contributed by atoms with Gasteiger partial charge in [0.25, 0.3) is 0 Å². The normalized spacial score (nSPS) is 12.0. The maximum atomic E-state index is 11.7. The number of carbonyl (C=O) groups is 1. The van der Waals surface area contributed by atoms with Crippen molar-refractivity contribution < 1.29 is 9.53 Å². The summed E-state index contributed by atoms with van der Waals surface area (Å²) in [5.41, 5.74) is 1.44. The maximum absolute atomic E-state index is 11.7. The van der Waals surface area contributed by atoms with Crippen molar-refractivity contribution in [1.29, 1.82) is 5.26 Å². The summed E-state index contributed by atoms with van der Waals surface area (Å²) >= 11 is 3.40. The van der Waals surface area contributed by atoms with Crippen molar-refractivity contribution >= 4 is 21.9 Å². The second-order valence-corrected chi connectivity index (χ2v) is 5.34. The first-order valence-electron chi connectivity index (χ1n) is 5.93. The van der Waals surface area contributed by atoms with Crippen LogP contribution in [0.3, 0.4) is 0 Å². The molecule has 0 fully saturated rings. The van der Waals surface area contributed by atoms with Crippen LogP contribution >= 0.6 is 15.9 Å². The van der Waals surface area contributed by atoms with E-state index in [0.29, 0.717) is 18.5 Å². The molecule has 1 aromatic rings. The van der Waals surface area contributed by atoms with E-state index in [0.717, 1.165) is 10.0 Å². The first kappa shape index (κ1) is 15.7. The van der Waals surface area contributed by atoms with E-state index in [4.69, 9.17) is 10.00 Å². The molecule has 0 aliphatic rings. The lowest BCUT2D eigenvalue weighted by Gasteiger charge is -2.23. The number of methoxy groups -OCH3 is 1. The Kier molecular flexibility index (Phi) is 6.00. The number of nitrogens with zero attached hydrogens (tertiary/aromatic N) is 2. The van der Waals surface area contributed by atoms with E-state index in [1.54, 1.807) is 6.07 Å². The molecule has 0 saturated carbocycles. The van der Waals surface area contributed by atoms with Gasteiger partial charge in [-0.05, 0) is 37.7 Å². The van der Waals surface area contributed by atoms with Gasteiger partial charge in [-0.3, -0.25) is 4.90 Å². The first-order chi connectivity index (χ1) is 8.99. The molecule has 0 spiro atoms. The predicted molar refractivity (Wildman–Crippen MR) is 76.6 cm³/mol. The Morgan fingerprint density at radius 2 is 2.26 bits per heavy atom. The van der Waals surface area contributed by atoms with E-state index < -0.39 is 0 Å². The van der Waals surface area contributed by atoms with Crippen LogP contribution in [-0.2, 0) is 11.3 Å². The minimum Gasteiger partial charge on any atom is -0.465 e. The standard InChI is InChI=1S/C14H17BrN2O2/c1-10(6-7-16)17(2)9-11-8-12(15)4-5-13(11)14(18)19-3/h4-5,8,10H,6,9H2,1-3H3. The molecular weight excluding hydrogens is 308 g/mol. The molecular formula is C14H17BrN2O2. The lowest BCUT2D eigenvalue weighted by Crippen LogP contribution is -2.29. The molecule has 19 heavy (non-hydrogen) atoms. The summed E-state index contributed by atoms with van der Waals surface area (Å²) in [6, 6.07) is 7.75. The zero-order valence-electron chi connectivity index (χ0n) is 11.3. The second-order valence-electron chi connectivity index (χ2n) is 4.42. The van der Waals surface area contributed by atoms with Gasteiger partial charge in [-0.1, -0.05) is 15.9 Å². The SMILES string of the molecule is COC(=O)c1ccc(Br)cc1CN(C)C(C)CC#N. The fourth-order valence-corrected chi connectivity index (χ4v) is 2.12. The molecule has 0 saturated heterocycles. The molecule has 0 aliphatic carbocycles. The highest BCUT2D eigenvalue weighted by atomic mass is 79.9. The average molecular weight is 325 g/mol. The molecule has 0 amide bonds. The molecule has 0 N–H and O–H groups in total. The zero-order chi connectivity index (χ0) is 14.4. The van der Waals surface area contributed by atoms with Crippen LogP contribution in [0.15, 0.2) is 22.7 Å². The van der Waals surface area contributed by atoms with E-state index in [9.17, 15) is 4.79 Å². The third-order valence-corrected chi connectivity index (χ3v) is 3.52. The van der Waals surface area contributed by atoms with Gasteiger partial charge in [0.05, 0.1) is 25.2 Å². The van der Waals surface area contributed by atoms with Crippen LogP contribution in [0.5, 0.6) is 0 Å². The molecule has 0 aromatic heterocycles. The van der Waals surface area contributed by atoms with Gasteiger partial charge in [-0.2, -0.15) is 5.26 Å². The van der Waals surface area contributed by atoms with Crippen molar-refractivity contribution in [1.82, 2.24) is 4.90 Å². The first-order valence-corrected chi connectivity index (χ1v) is 6.72. The molecule has 0 bridgehead atoms. The maximum Gasteiger partial charge on any atom is 0.338 e. The molecule has 0 aliphatic heterocycles. The van der Waals surface area contributed by atoms with Crippen molar-refractivity contribution in [3.63, 3.8) is 0 Å².